The van der Waals surface area contributed by atoms with Crippen molar-refractivity contribution in [3.63, 3.8) is 0 Å². The lowest BCUT2D eigenvalue weighted by Crippen LogP contribution is -2.33. The third-order valence-electron chi connectivity index (χ3n) is 4.90. The van der Waals surface area contributed by atoms with Gasteiger partial charge in [0.05, 0.1) is 24.4 Å². The highest BCUT2D eigenvalue weighted by atomic mass is 79.9. The smallest absolute Gasteiger partial charge is 0.170 e. The van der Waals surface area contributed by atoms with Gasteiger partial charge in [0.2, 0.25) is 0 Å². The van der Waals surface area contributed by atoms with Crippen LogP contribution in [0.4, 0.5) is 0 Å². The zero-order valence-corrected chi connectivity index (χ0v) is 17.9. The molecule has 0 saturated carbocycles. The van der Waals surface area contributed by atoms with E-state index in [2.05, 4.69) is 66.2 Å². The fraction of sp³-hybridized carbons (Fsp3) is 0.238. The Labute approximate surface area is 178 Å². The van der Waals surface area contributed by atoms with Crippen LogP contribution < -0.4 is 5.32 Å². The van der Waals surface area contributed by atoms with Gasteiger partial charge in [0.1, 0.15) is 0 Å². The van der Waals surface area contributed by atoms with Gasteiger partial charge < -0.3 is 19.5 Å². The Hall–Kier alpha value is -2.22. The van der Waals surface area contributed by atoms with Crippen molar-refractivity contribution < 1.29 is 4.74 Å². The second kappa shape index (κ2) is 8.43. The molecule has 1 N–H and O–H groups in total. The van der Waals surface area contributed by atoms with Crippen molar-refractivity contribution in [3.8, 4) is 5.69 Å². The Morgan fingerprint density at radius 3 is 2.82 bits per heavy atom. The Kier molecular flexibility index (Phi) is 5.75. The number of nitrogens with one attached hydrogen (secondary N) is 1. The lowest BCUT2D eigenvalue weighted by Gasteiger charge is -2.28. The standard InChI is InChI=1S/C21H21BrN4OS/c1-27-13-12-26-20(19(24-21(26)28)17-8-2-3-10-23-17)18-9-5-11-25(18)16-7-4-6-15(22)14-16/h2-11,14,19-20H,12-13H2,1H3,(H,24,28)/t19-,20-/m1/s1. The van der Waals surface area contributed by atoms with Gasteiger partial charge in [-0.25, -0.2) is 0 Å². The minimum absolute atomic E-state index is 0.00605. The summed E-state index contributed by atoms with van der Waals surface area (Å²) in [5, 5.41) is 4.20. The number of pyridine rings is 1. The van der Waals surface area contributed by atoms with Crippen LogP contribution in [0.2, 0.25) is 0 Å². The van der Waals surface area contributed by atoms with Crippen LogP contribution in [0, 0.1) is 0 Å². The minimum Gasteiger partial charge on any atom is -0.383 e. The molecular weight excluding hydrogens is 436 g/mol. The van der Waals surface area contributed by atoms with Gasteiger partial charge in [0.15, 0.2) is 5.11 Å². The summed E-state index contributed by atoms with van der Waals surface area (Å²) < 4.78 is 8.58. The first-order valence-electron chi connectivity index (χ1n) is 9.09. The number of benzene rings is 1. The third-order valence-corrected chi connectivity index (χ3v) is 5.75. The lowest BCUT2D eigenvalue weighted by molar-refractivity contribution is 0.163. The first-order valence-corrected chi connectivity index (χ1v) is 10.3. The van der Waals surface area contributed by atoms with Crippen molar-refractivity contribution in [3.05, 3.63) is 82.9 Å². The molecule has 0 radical (unpaired) electrons. The van der Waals surface area contributed by atoms with Crippen LogP contribution >= 0.6 is 28.1 Å². The number of aromatic nitrogens is 2. The van der Waals surface area contributed by atoms with E-state index in [0.29, 0.717) is 13.2 Å². The Morgan fingerprint density at radius 2 is 2.07 bits per heavy atom. The molecule has 4 rings (SSSR count). The second-order valence-corrected chi connectivity index (χ2v) is 7.90. The summed E-state index contributed by atoms with van der Waals surface area (Å²) in [5.41, 5.74) is 3.22. The van der Waals surface area contributed by atoms with Crippen molar-refractivity contribution in [1.29, 1.82) is 0 Å². The Morgan fingerprint density at radius 1 is 1.18 bits per heavy atom. The molecule has 1 aliphatic heterocycles. The molecule has 0 unspecified atom stereocenters. The number of ether oxygens (including phenoxy) is 1. The van der Waals surface area contributed by atoms with E-state index in [1.54, 1.807) is 7.11 Å². The molecule has 2 atom stereocenters. The number of hydrogen-bond acceptors (Lipinski definition) is 3. The average Bonchev–Trinajstić information content (AvgIpc) is 3.31. The molecule has 144 valence electrons. The average molecular weight is 457 g/mol. The maximum absolute atomic E-state index is 5.68. The van der Waals surface area contributed by atoms with Crippen LogP contribution in [0.5, 0.6) is 0 Å². The van der Waals surface area contributed by atoms with Crippen LogP contribution in [-0.2, 0) is 4.74 Å². The van der Waals surface area contributed by atoms with E-state index < -0.39 is 0 Å². The molecule has 1 aliphatic rings. The molecule has 3 heterocycles. The largest absolute Gasteiger partial charge is 0.383 e. The third kappa shape index (κ3) is 3.70. The van der Waals surface area contributed by atoms with E-state index in [1.165, 1.54) is 0 Å². The van der Waals surface area contributed by atoms with Crippen LogP contribution in [-0.4, -0.2) is 39.8 Å². The van der Waals surface area contributed by atoms with Gasteiger partial charge in [0.25, 0.3) is 0 Å². The van der Waals surface area contributed by atoms with Crippen molar-refractivity contribution in [1.82, 2.24) is 19.8 Å². The van der Waals surface area contributed by atoms with Crippen molar-refractivity contribution in [2.24, 2.45) is 0 Å². The molecule has 1 saturated heterocycles. The predicted molar refractivity (Wildman–Crippen MR) is 118 cm³/mol. The topological polar surface area (TPSA) is 42.3 Å². The lowest BCUT2D eigenvalue weighted by atomic mass is 10.0. The molecule has 5 nitrogen and oxygen atoms in total. The van der Waals surface area contributed by atoms with Gasteiger partial charge >= 0.3 is 0 Å². The van der Waals surface area contributed by atoms with Gasteiger partial charge in [-0.15, -0.1) is 0 Å². The van der Waals surface area contributed by atoms with Crippen LogP contribution in [0.15, 0.2) is 71.5 Å². The minimum atomic E-state index is -0.0358. The first kappa shape index (κ1) is 19.1. The summed E-state index contributed by atoms with van der Waals surface area (Å²) in [6.07, 6.45) is 3.91. The molecule has 1 fully saturated rings. The molecular formula is C21H21BrN4OS. The van der Waals surface area contributed by atoms with Crippen LogP contribution in [0.3, 0.4) is 0 Å². The zero-order valence-electron chi connectivity index (χ0n) is 15.5. The van der Waals surface area contributed by atoms with Crippen molar-refractivity contribution in [2.45, 2.75) is 12.1 Å². The molecule has 3 aromatic rings. The number of rotatable bonds is 6. The van der Waals surface area contributed by atoms with E-state index >= 15 is 0 Å². The van der Waals surface area contributed by atoms with Gasteiger partial charge in [-0.1, -0.05) is 28.1 Å². The Balaban J connectivity index is 1.79. The van der Waals surface area contributed by atoms with E-state index in [1.807, 2.05) is 36.5 Å². The molecule has 7 heteroatoms. The normalized spacial score (nSPS) is 19.1. The van der Waals surface area contributed by atoms with E-state index in [0.717, 1.165) is 26.7 Å². The summed E-state index contributed by atoms with van der Waals surface area (Å²) in [6, 6.07) is 18.5. The van der Waals surface area contributed by atoms with Crippen molar-refractivity contribution in [2.75, 3.05) is 20.3 Å². The SMILES string of the molecule is COCCN1C(=S)N[C@H](c2ccccn2)[C@H]1c1cccn1-c1cccc(Br)c1. The molecule has 28 heavy (non-hydrogen) atoms. The number of thiocarbonyl (C=S) groups is 1. The number of methoxy groups -OCH3 is 1. The maximum atomic E-state index is 5.68. The molecule has 0 aliphatic carbocycles. The summed E-state index contributed by atoms with van der Waals surface area (Å²) in [4.78, 5) is 6.79. The highest BCUT2D eigenvalue weighted by Crippen LogP contribution is 2.39. The zero-order chi connectivity index (χ0) is 19.5. The van der Waals surface area contributed by atoms with Gasteiger partial charge in [-0.2, -0.15) is 0 Å². The summed E-state index contributed by atoms with van der Waals surface area (Å²) in [6.45, 7) is 1.31. The number of halogens is 1. The van der Waals surface area contributed by atoms with Gasteiger partial charge in [-0.3, -0.25) is 4.98 Å². The quantitative estimate of drug-likeness (QED) is 0.561. The summed E-state index contributed by atoms with van der Waals surface area (Å²) in [7, 11) is 1.71. The summed E-state index contributed by atoms with van der Waals surface area (Å²) >= 11 is 9.25. The molecule has 1 aromatic carbocycles. The van der Waals surface area contributed by atoms with Crippen molar-refractivity contribution >= 4 is 33.3 Å². The van der Waals surface area contributed by atoms with E-state index in [-0.39, 0.29) is 12.1 Å². The Bertz CT molecular complexity index is 962. The van der Waals surface area contributed by atoms with E-state index in [4.69, 9.17) is 17.0 Å². The molecule has 0 spiro atoms. The maximum Gasteiger partial charge on any atom is 0.170 e. The molecule has 2 aromatic heterocycles. The number of hydrogen-bond donors (Lipinski definition) is 1. The highest BCUT2D eigenvalue weighted by Gasteiger charge is 2.40. The summed E-state index contributed by atoms with van der Waals surface area (Å²) in [5.74, 6) is 0. The fourth-order valence-corrected chi connectivity index (χ4v) is 4.37. The van der Waals surface area contributed by atoms with Crippen LogP contribution in [0.1, 0.15) is 23.5 Å². The monoisotopic (exact) mass is 456 g/mol. The van der Waals surface area contributed by atoms with Gasteiger partial charge in [-0.05, 0) is 54.7 Å². The second-order valence-electron chi connectivity index (χ2n) is 6.60. The highest BCUT2D eigenvalue weighted by molar-refractivity contribution is 9.10. The predicted octanol–water partition coefficient (Wildman–Crippen LogP) is 4.25. The molecule has 0 bridgehead atoms. The first-order chi connectivity index (χ1) is 13.7. The van der Waals surface area contributed by atoms with Gasteiger partial charge in [0, 0.05) is 41.9 Å². The fourth-order valence-electron chi connectivity index (χ4n) is 3.65. The number of nitrogens with zero attached hydrogens (tertiary/aromatic N) is 3. The van der Waals surface area contributed by atoms with Crippen LogP contribution in [0.25, 0.3) is 5.69 Å². The van der Waals surface area contributed by atoms with E-state index in [9.17, 15) is 0 Å². The molecule has 0 amide bonds.